The van der Waals surface area contributed by atoms with Crippen molar-refractivity contribution in [3.8, 4) is 61.3 Å². The van der Waals surface area contributed by atoms with Crippen molar-refractivity contribution in [1.29, 1.82) is 0 Å². The second kappa shape index (κ2) is 16.3. The normalized spacial score (nSPS) is 12.6. The zero-order valence-corrected chi connectivity index (χ0v) is 38.6. The summed E-state index contributed by atoms with van der Waals surface area (Å²) in [5.74, 6) is 0. The van der Waals surface area contributed by atoms with Gasteiger partial charge in [-0.25, -0.2) is 0 Å². The third-order valence-corrected chi connectivity index (χ3v) is 14.6. The summed E-state index contributed by atoms with van der Waals surface area (Å²) in [6.07, 6.45) is 0. The molecule has 12 aromatic rings. The lowest BCUT2D eigenvalue weighted by molar-refractivity contribution is 0.662. The molecule has 0 spiro atoms. The van der Waals surface area contributed by atoms with E-state index < -0.39 is 0 Å². The molecular weight excluding hydrogens is 833 g/mol. The summed E-state index contributed by atoms with van der Waals surface area (Å²) in [6.45, 7) is 4.76. The van der Waals surface area contributed by atoms with Gasteiger partial charge in [0, 0.05) is 38.8 Å². The van der Waals surface area contributed by atoms with Gasteiger partial charge in [-0.05, 0) is 127 Å². The van der Waals surface area contributed by atoms with Gasteiger partial charge in [0.05, 0.1) is 16.7 Å². The minimum atomic E-state index is -0.151. The van der Waals surface area contributed by atoms with Gasteiger partial charge in [0.2, 0.25) is 0 Å². The van der Waals surface area contributed by atoms with E-state index in [4.69, 9.17) is 0 Å². The molecule has 11 aromatic carbocycles. The molecule has 1 aliphatic carbocycles. The van der Waals surface area contributed by atoms with Crippen molar-refractivity contribution < 1.29 is 0 Å². The Morgan fingerprint density at radius 1 is 0.348 bits per heavy atom. The van der Waals surface area contributed by atoms with E-state index in [1.165, 1.54) is 93.8 Å². The number of aromatic nitrogens is 1. The molecule has 0 bridgehead atoms. The van der Waals surface area contributed by atoms with E-state index in [9.17, 15) is 0 Å². The van der Waals surface area contributed by atoms with Crippen molar-refractivity contribution in [3.05, 3.63) is 266 Å². The smallest absolute Gasteiger partial charge is 0.0547 e. The Kier molecular flexibility index (Phi) is 9.55. The number of rotatable bonds is 8. The molecule has 1 aliphatic rings. The minimum absolute atomic E-state index is 0.151. The van der Waals surface area contributed by atoms with Crippen molar-refractivity contribution in [2.24, 2.45) is 0 Å². The van der Waals surface area contributed by atoms with Gasteiger partial charge >= 0.3 is 0 Å². The number of fused-ring (bicyclic) bond motifs is 7. The molecule has 0 saturated heterocycles. The topological polar surface area (TPSA) is 8.17 Å². The van der Waals surface area contributed by atoms with Crippen LogP contribution in [0, 0.1) is 0 Å². The Labute approximate surface area is 403 Å². The molecule has 0 atom stereocenters. The van der Waals surface area contributed by atoms with Gasteiger partial charge in [-0.3, -0.25) is 0 Å². The quantitative estimate of drug-likeness (QED) is 0.148. The van der Waals surface area contributed by atoms with Crippen LogP contribution in [0.4, 0.5) is 17.1 Å². The monoisotopic (exact) mass is 880 g/mol. The van der Waals surface area contributed by atoms with Gasteiger partial charge in [0.1, 0.15) is 0 Å². The predicted octanol–water partition coefficient (Wildman–Crippen LogP) is 18.4. The van der Waals surface area contributed by atoms with E-state index in [2.05, 4.69) is 278 Å². The first-order valence-corrected chi connectivity index (χ1v) is 24.0. The van der Waals surface area contributed by atoms with Crippen LogP contribution in [-0.4, -0.2) is 4.57 Å². The summed E-state index contributed by atoms with van der Waals surface area (Å²) < 4.78 is 2.40. The summed E-state index contributed by atoms with van der Waals surface area (Å²) in [7, 11) is 0. The standard InChI is InChI=1S/C67H48N2/c1-67(2)60-36-12-9-28-55(60)58-35-18-33-54(66(58)67)48-24-15-27-51(44-48)68(61-37-13-10-29-56(61)57-34-17-23-47-22-16-31-52(64(47)57)45-20-5-3-6-21-45)50-42-40-46(41-43-50)53-32-19-39-63-65(53)59-30-11-14-38-62(59)69(63)49-25-7-4-8-26-49/h3-44H,1-2H3. The number of anilines is 3. The fraction of sp³-hybridized carbons (Fsp3) is 0.0448. The summed E-state index contributed by atoms with van der Waals surface area (Å²) in [6, 6.07) is 93.6. The fourth-order valence-corrected chi connectivity index (χ4v) is 11.6. The van der Waals surface area contributed by atoms with Crippen molar-refractivity contribution in [2.75, 3.05) is 4.90 Å². The van der Waals surface area contributed by atoms with E-state index in [1.54, 1.807) is 0 Å². The highest BCUT2D eigenvalue weighted by atomic mass is 15.1. The maximum atomic E-state index is 2.47. The second-order valence-electron chi connectivity index (χ2n) is 18.8. The lowest BCUT2D eigenvalue weighted by Crippen LogP contribution is -2.16. The maximum Gasteiger partial charge on any atom is 0.0547 e. The molecule has 13 rings (SSSR count). The van der Waals surface area contributed by atoms with Gasteiger partial charge in [-0.2, -0.15) is 0 Å². The zero-order chi connectivity index (χ0) is 46.1. The first kappa shape index (κ1) is 40.5. The average molecular weight is 881 g/mol. The van der Waals surface area contributed by atoms with E-state index in [1.807, 2.05) is 0 Å². The molecule has 0 fully saturated rings. The van der Waals surface area contributed by atoms with Crippen LogP contribution in [0.5, 0.6) is 0 Å². The van der Waals surface area contributed by atoms with Crippen LogP contribution >= 0.6 is 0 Å². The van der Waals surface area contributed by atoms with Crippen LogP contribution in [0.3, 0.4) is 0 Å². The molecule has 326 valence electrons. The van der Waals surface area contributed by atoms with Crippen LogP contribution < -0.4 is 4.90 Å². The Morgan fingerprint density at radius 2 is 0.899 bits per heavy atom. The molecule has 0 radical (unpaired) electrons. The van der Waals surface area contributed by atoms with Gasteiger partial charge in [-0.15, -0.1) is 0 Å². The summed E-state index contributed by atoms with van der Waals surface area (Å²) in [5, 5.41) is 4.95. The molecule has 1 heterocycles. The summed E-state index contributed by atoms with van der Waals surface area (Å²) >= 11 is 0. The number of nitrogens with zero attached hydrogens (tertiary/aromatic N) is 2. The molecule has 0 N–H and O–H groups in total. The third-order valence-electron chi connectivity index (χ3n) is 14.6. The van der Waals surface area contributed by atoms with E-state index >= 15 is 0 Å². The van der Waals surface area contributed by atoms with Crippen LogP contribution in [-0.2, 0) is 5.41 Å². The molecule has 2 heteroatoms. The van der Waals surface area contributed by atoms with E-state index in [-0.39, 0.29) is 5.41 Å². The molecule has 0 saturated carbocycles. The fourth-order valence-electron chi connectivity index (χ4n) is 11.6. The Morgan fingerprint density at radius 3 is 1.71 bits per heavy atom. The second-order valence-corrected chi connectivity index (χ2v) is 18.8. The molecule has 0 amide bonds. The van der Waals surface area contributed by atoms with Gasteiger partial charge in [-0.1, -0.05) is 214 Å². The van der Waals surface area contributed by atoms with Gasteiger partial charge < -0.3 is 9.47 Å². The summed E-state index contributed by atoms with van der Waals surface area (Å²) in [5.41, 5.74) is 21.7. The highest BCUT2D eigenvalue weighted by molar-refractivity contribution is 6.16. The number of hydrogen-bond donors (Lipinski definition) is 0. The number of hydrogen-bond acceptors (Lipinski definition) is 1. The summed E-state index contributed by atoms with van der Waals surface area (Å²) in [4.78, 5) is 2.47. The van der Waals surface area contributed by atoms with Crippen LogP contribution in [0.2, 0.25) is 0 Å². The molecule has 1 aromatic heterocycles. The molecule has 0 aliphatic heterocycles. The predicted molar refractivity (Wildman–Crippen MR) is 292 cm³/mol. The van der Waals surface area contributed by atoms with Crippen molar-refractivity contribution in [2.45, 2.75) is 19.3 Å². The highest BCUT2D eigenvalue weighted by Crippen LogP contribution is 2.53. The SMILES string of the molecule is CC1(C)c2ccccc2-c2cccc(-c3cccc(N(c4ccc(-c5cccc6c5c5ccccc5n6-c5ccccc5)cc4)c4ccccc4-c4cccc5cccc(-c6ccccc6)c45)c3)c21. The van der Waals surface area contributed by atoms with Crippen molar-refractivity contribution >= 4 is 49.6 Å². The van der Waals surface area contributed by atoms with E-state index in [0.29, 0.717) is 0 Å². The third kappa shape index (κ3) is 6.55. The molecular formula is C67H48N2. The first-order valence-electron chi connectivity index (χ1n) is 24.0. The minimum Gasteiger partial charge on any atom is -0.310 e. The highest BCUT2D eigenvalue weighted by Gasteiger charge is 2.37. The zero-order valence-electron chi connectivity index (χ0n) is 38.6. The van der Waals surface area contributed by atoms with Gasteiger partial charge in [0.15, 0.2) is 0 Å². The van der Waals surface area contributed by atoms with Crippen LogP contribution in [0.15, 0.2) is 255 Å². The number of para-hydroxylation sites is 3. The van der Waals surface area contributed by atoms with Gasteiger partial charge in [0.25, 0.3) is 0 Å². The van der Waals surface area contributed by atoms with Crippen LogP contribution in [0.1, 0.15) is 25.0 Å². The van der Waals surface area contributed by atoms with Crippen molar-refractivity contribution in [3.63, 3.8) is 0 Å². The number of benzene rings is 11. The first-order chi connectivity index (χ1) is 34.0. The van der Waals surface area contributed by atoms with Crippen LogP contribution in [0.25, 0.3) is 93.9 Å². The molecule has 69 heavy (non-hydrogen) atoms. The van der Waals surface area contributed by atoms with Crippen molar-refractivity contribution in [1.82, 2.24) is 4.57 Å². The maximum absolute atomic E-state index is 2.47. The van der Waals surface area contributed by atoms with E-state index in [0.717, 1.165) is 28.3 Å². The molecule has 2 nitrogen and oxygen atoms in total. The Bertz CT molecular complexity index is 3910. The Hall–Kier alpha value is -8.72. The Balaban J connectivity index is 1.01. The molecule has 0 unspecified atom stereocenters. The average Bonchev–Trinajstić information content (AvgIpc) is 3.88. The largest absolute Gasteiger partial charge is 0.310 e. The lowest BCUT2D eigenvalue weighted by Gasteiger charge is -2.29. The lowest BCUT2D eigenvalue weighted by atomic mass is 9.79.